The van der Waals surface area contributed by atoms with E-state index in [1.54, 1.807) is 0 Å². The van der Waals surface area contributed by atoms with Crippen molar-refractivity contribution in [2.75, 3.05) is 4.90 Å². The Labute approximate surface area is 153 Å². The Morgan fingerprint density at radius 2 is 1.31 bits per heavy atom. The summed E-state index contributed by atoms with van der Waals surface area (Å²) in [4.78, 5) is 2.35. The predicted molar refractivity (Wildman–Crippen MR) is 111 cm³/mol. The van der Waals surface area contributed by atoms with E-state index in [0.29, 0.717) is 0 Å². The maximum Gasteiger partial charge on any atom is 0.0540 e. The predicted octanol–water partition coefficient (Wildman–Crippen LogP) is 6.88. The Hall–Kier alpha value is -3.32. The minimum absolute atomic E-state index is 1.00. The fourth-order valence-electron chi connectivity index (χ4n) is 3.89. The van der Waals surface area contributed by atoms with Crippen LogP contribution in [0, 0.1) is 0 Å². The van der Waals surface area contributed by atoms with Crippen molar-refractivity contribution < 1.29 is 0 Å². The molecule has 0 saturated carbocycles. The summed E-state index contributed by atoms with van der Waals surface area (Å²) in [6.45, 7) is 0. The highest BCUT2D eigenvalue weighted by atomic mass is 15.1. The summed E-state index contributed by atoms with van der Waals surface area (Å²) in [5.41, 5.74) is 6.27. The van der Waals surface area contributed by atoms with Crippen LogP contribution in [-0.4, -0.2) is 0 Å². The van der Waals surface area contributed by atoms with Gasteiger partial charge in [0.05, 0.1) is 5.69 Å². The number of para-hydroxylation sites is 2. The third-order valence-corrected chi connectivity index (χ3v) is 5.04. The molecular weight excluding hydrogens is 314 g/mol. The summed E-state index contributed by atoms with van der Waals surface area (Å²) in [7, 11) is 0. The van der Waals surface area contributed by atoms with Crippen molar-refractivity contribution in [1.82, 2.24) is 0 Å². The van der Waals surface area contributed by atoms with Gasteiger partial charge in [-0.3, -0.25) is 0 Å². The van der Waals surface area contributed by atoms with Gasteiger partial charge < -0.3 is 4.90 Å². The molecule has 0 unspecified atom stereocenters. The fraction of sp³-hybridized carbons (Fsp3) is 0.0400. The Balaban J connectivity index is 1.81. The van der Waals surface area contributed by atoms with Crippen molar-refractivity contribution in [3.8, 4) is 0 Å². The molecule has 1 aliphatic rings. The van der Waals surface area contributed by atoms with Crippen LogP contribution in [0.2, 0.25) is 0 Å². The Morgan fingerprint density at radius 1 is 0.615 bits per heavy atom. The smallest absolute Gasteiger partial charge is 0.0540 e. The largest absolute Gasteiger partial charge is 0.310 e. The quantitative estimate of drug-likeness (QED) is 0.395. The summed E-state index contributed by atoms with van der Waals surface area (Å²) in [5.74, 6) is 0. The van der Waals surface area contributed by atoms with E-state index in [2.05, 4.69) is 108 Å². The van der Waals surface area contributed by atoms with Crippen LogP contribution in [0.1, 0.15) is 11.1 Å². The minimum Gasteiger partial charge on any atom is -0.310 e. The molecule has 1 heteroatoms. The molecule has 5 rings (SSSR count). The molecule has 0 heterocycles. The normalized spacial score (nSPS) is 12.3. The Bertz CT molecular complexity index is 1060. The lowest BCUT2D eigenvalue weighted by molar-refractivity contribution is 1.26. The van der Waals surface area contributed by atoms with Gasteiger partial charge in [0, 0.05) is 16.9 Å². The number of anilines is 3. The van der Waals surface area contributed by atoms with Gasteiger partial charge in [-0.2, -0.15) is 0 Å². The van der Waals surface area contributed by atoms with Gasteiger partial charge in [0.25, 0.3) is 0 Å². The number of hydrogen-bond acceptors (Lipinski definition) is 1. The van der Waals surface area contributed by atoms with Crippen molar-refractivity contribution in [1.29, 1.82) is 0 Å². The van der Waals surface area contributed by atoms with Crippen molar-refractivity contribution in [3.05, 3.63) is 108 Å². The van der Waals surface area contributed by atoms with Gasteiger partial charge in [0.2, 0.25) is 0 Å². The third kappa shape index (κ3) is 2.41. The molecule has 4 aromatic carbocycles. The lowest BCUT2D eigenvalue weighted by Gasteiger charge is -2.29. The average molecular weight is 333 g/mol. The first-order chi connectivity index (χ1) is 12.9. The van der Waals surface area contributed by atoms with Crippen molar-refractivity contribution in [3.63, 3.8) is 0 Å². The molecule has 0 atom stereocenters. The van der Waals surface area contributed by atoms with Crippen molar-refractivity contribution in [2.24, 2.45) is 0 Å². The lowest BCUT2D eigenvalue weighted by atomic mass is 9.91. The lowest BCUT2D eigenvalue weighted by Crippen LogP contribution is -2.12. The summed E-state index contributed by atoms with van der Waals surface area (Å²) < 4.78 is 0. The zero-order valence-corrected chi connectivity index (χ0v) is 14.5. The number of rotatable bonds is 3. The van der Waals surface area contributed by atoms with Gasteiger partial charge in [-0.25, -0.2) is 0 Å². The number of nitrogens with zero attached hydrogens (tertiary/aromatic N) is 1. The second kappa shape index (κ2) is 6.20. The zero-order chi connectivity index (χ0) is 17.3. The maximum absolute atomic E-state index is 2.35. The molecule has 0 bridgehead atoms. The summed E-state index contributed by atoms with van der Waals surface area (Å²) in [6.07, 6.45) is 5.56. The average Bonchev–Trinajstić information content (AvgIpc) is 2.72. The molecule has 0 amide bonds. The van der Waals surface area contributed by atoms with Crippen LogP contribution in [0.25, 0.3) is 16.8 Å². The van der Waals surface area contributed by atoms with E-state index in [-0.39, 0.29) is 0 Å². The topological polar surface area (TPSA) is 3.24 Å². The van der Waals surface area contributed by atoms with Gasteiger partial charge in [-0.05, 0) is 53.1 Å². The summed E-state index contributed by atoms with van der Waals surface area (Å²) in [5, 5.41) is 2.69. The van der Waals surface area contributed by atoms with Crippen LogP contribution in [0.3, 0.4) is 0 Å². The van der Waals surface area contributed by atoms with Gasteiger partial charge in [0.1, 0.15) is 0 Å². The molecule has 0 spiro atoms. The maximum atomic E-state index is 2.35. The third-order valence-electron chi connectivity index (χ3n) is 5.04. The van der Waals surface area contributed by atoms with Gasteiger partial charge in [0.15, 0.2) is 0 Å². The SMILES string of the molecule is C1=Cc2c(N(c3ccccc3)c3ccccc3)ccc3cccc(c23)C1. The second-order valence-electron chi connectivity index (χ2n) is 6.63. The fourth-order valence-corrected chi connectivity index (χ4v) is 3.89. The minimum atomic E-state index is 1.00. The summed E-state index contributed by atoms with van der Waals surface area (Å²) in [6, 6.07) is 32.3. The Kier molecular flexibility index (Phi) is 3.57. The highest BCUT2D eigenvalue weighted by Gasteiger charge is 2.19. The number of hydrogen-bond donors (Lipinski definition) is 0. The monoisotopic (exact) mass is 333 g/mol. The van der Waals surface area contributed by atoms with Crippen LogP contribution in [0.5, 0.6) is 0 Å². The molecule has 0 aliphatic heterocycles. The molecular formula is C25H19N. The number of benzene rings is 4. The first-order valence-electron chi connectivity index (χ1n) is 9.03. The molecule has 0 saturated heterocycles. The molecule has 0 radical (unpaired) electrons. The van der Waals surface area contributed by atoms with E-state index >= 15 is 0 Å². The van der Waals surface area contributed by atoms with E-state index in [1.165, 1.54) is 39.0 Å². The van der Waals surface area contributed by atoms with Crippen LogP contribution >= 0.6 is 0 Å². The standard InChI is InChI=1S/C25H19N/c1-3-12-21(13-4-1)26(22-14-5-2-6-15-22)24-18-17-20-10-7-9-19-11-8-16-23(24)25(19)20/h1-10,12-18H,11H2. The van der Waals surface area contributed by atoms with E-state index in [0.717, 1.165) is 6.42 Å². The molecule has 1 aliphatic carbocycles. The molecule has 124 valence electrons. The zero-order valence-electron chi connectivity index (χ0n) is 14.5. The molecule has 0 N–H and O–H groups in total. The van der Waals surface area contributed by atoms with E-state index in [4.69, 9.17) is 0 Å². The molecule has 26 heavy (non-hydrogen) atoms. The summed E-state index contributed by atoms with van der Waals surface area (Å²) >= 11 is 0. The van der Waals surface area contributed by atoms with Crippen molar-refractivity contribution >= 4 is 33.9 Å². The van der Waals surface area contributed by atoms with E-state index in [9.17, 15) is 0 Å². The van der Waals surface area contributed by atoms with Crippen LogP contribution < -0.4 is 4.90 Å². The Morgan fingerprint density at radius 3 is 2.00 bits per heavy atom. The van der Waals surface area contributed by atoms with Gasteiger partial charge in [-0.1, -0.05) is 72.8 Å². The van der Waals surface area contributed by atoms with Crippen LogP contribution in [-0.2, 0) is 6.42 Å². The first kappa shape index (κ1) is 15.0. The number of allylic oxidation sites excluding steroid dienone is 1. The molecule has 1 nitrogen and oxygen atoms in total. The van der Waals surface area contributed by atoms with Gasteiger partial charge in [-0.15, -0.1) is 0 Å². The van der Waals surface area contributed by atoms with Crippen LogP contribution in [0.15, 0.2) is 97.1 Å². The van der Waals surface area contributed by atoms with E-state index in [1.807, 2.05) is 0 Å². The highest BCUT2D eigenvalue weighted by molar-refractivity contribution is 6.01. The molecule has 0 aromatic heterocycles. The first-order valence-corrected chi connectivity index (χ1v) is 9.03. The van der Waals surface area contributed by atoms with Crippen molar-refractivity contribution in [2.45, 2.75) is 6.42 Å². The highest BCUT2D eigenvalue weighted by Crippen LogP contribution is 2.41. The second-order valence-corrected chi connectivity index (χ2v) is 6.63. The van der Waals surface area contributed by atoms with Gasteiger partial charge >= 0.3 is 0 Å². The molecule has 0 fully saturated rings. The molecule has 4 aromatic rings. The van der Waals surface area contributed by atoms with E-state index < -0.39 is 0 Å². The van der Waals surface area contributed by atoms with Crippen LogP contribution in [0.4, 0.5) is 17.1 Å².